The lowest BCUT2D eigenvalue weighted by Crippen LogP contribution is -3.20. The van der Waals surface area contributed by atoms with Gasteiger partial charge in [0.2, 0.25) is 5.91 Å². The fourth-order valence-corrected chi connectivity index (χ4v) is 5.71. The Kier molecular flexibility index (Phi) is 5.80. The van der Waals surface area contributed by atoms with Gasteiger partial charge < -0.3 is 14.5 Å². The number of piperidine rings is 3. The number of fused-ring (bicyclic) bond motifs is 3. The SMILES string of the molecule is CC(C)(C)c1ccc(-c2cn(C[C@H]3C[C@H]4CC[NH+]3C[C@@H]4C(=O)N3CCOCC3)nn2)cc1. The normalized spacial score (nSPS) is 28.2. The van der Waals surface area contributed by atoms with Crippen LogP contribution in [0.15, 0.2) is 30.5 Å². The largest absolute Gasteiger partial charge is 0.378 e. The fraction of sp³-hybridized carbons (Fsp3) is 0.640. The number of hydrogen-bond donors (Lipinski definition) is 1. The summed E-state index contributed by atoms with van der Waals surface area (Å²) in [6.45, 7) is 12.5. The number of carbonyl (C=O) groups is 1. The van der Waals surface area contributed by atoms with Crippen LogP contribution in [0.1, 0.15) is 39.2 Å². The highest BCUT2D eigenvalue weighted by atomic mass is 16.5. The molecule has 172 valence electrons. The van der Waals surface area contributed by atoms with Gasteiger partial charge >= 0.3 is 0 Å². The molecule has 7 nitrogen and oxygen atoms in total. The van der Waals surface area contributed by atoms with Gasteiger partial charge in [-0.05, 0) is 16.9 Å². The summed E-state index contributed by atoms with van der Waals surface area (Å²) in [5.41, 5.74) is 3.51. The van der Waals surface area contributed by atoms with Crippen LogP contribution in [0.2, 0.25) is 0 Å². The molecular formula is C25H36N5O2+. The summed E-state index contributed by atoms with van der Waals surface area (Å²) < 4.78 is 7.43. The van der Waals surface area contributed by atoms with Crippen molar-refractivity contribution in [1.82, 2.24) is 19.9 Å². The van der Waals surface area contributed by atoms with Gasteiger partial charge in [-0.3, -0.25) is 4.79 Å². The topological polar surface area (TPSA) is 64.7 Å². The summed E-state index contributed by atoms with van der Waals surface area (Å²) in [6, 6.07) is 9.19. The van der Waals surface area contributed by atoms with Crippen molar-refractivity contribution in [3.63, 3.8) is 0 Å². The summed E-state index contributed by atoms with van der Waals surface area (Å²) in [5, 5.41) is 8.87. The third kappa shape index (κ3) is 4.33. The second-order valence-corrected chi connectivity index (χ2v) is 10.8. The summed E-state index contributed by atoms with van der Waals surface area (Å²) in [5.74, 6) is 1.04. The molecule has 1 unspecified atom stereocenters. The quantitative estimate of drug-likeness (QED) is 0.784. The average Bonchev–Trinajstić information content (AvgIpc) is 3.27. The minimum atomic E-state index is 0.147. The van der Waals surface area contributed by atoms with Crippen LogP contribution in [0.25, 0.3) is 11.3 Å². The molecule has 1 amide bonds. The smallest absolute Gasteiger partial charge is 0.231 e. The van der Waals surface area contributed by atoms with Crippen molar-refractivity contribution in [2.75, 3.05) is 39.4 Å². The van der Waals surface area contributed by atoms with E-state index in [4.69, 9.17) is 4.74 Å². The van der Waals surface area contributed by atoms with Crippen molar-refractivity contribution in [2.45, 2.75) is 51.6 Å². The number of amides is 1. The van der Waals surface area contributed by atoms with Gasteiger partial charge in [0.1, 0.15) is 11.7 Å². The molecule has 4 fully saturated rings. The van der Waals surface area contributed by atoms with Crippen molar-refractivity contribution in [3.05, 3.63) is 36.0 Å². The predicted molar refractivity (Wildman–Crippen MR) is 122 cm³/mol. The Bertz CT molecular complexity index is 942. The molecule has 1 N–H and O–H groups in total. The van der Waals surface area contributed by atoms with Gasteiger partial charge in [0.15, 0.2) is 0 Å². The average molecular weight is 439 g/mol. The van der Waals surface area contributed by atoms with Crippen LogP contribution < -0.4 is 4.90 Å². The monoisotopic (exact) mass is 438 g/mol. The number of hydrogen-bond acceptors (Lipinski definition) is 4. The van der Waals surface area contributed by atoms with E-state index in [0.717, 1.165) is 56.8 Å². The van der Waals surface area contributed by atoms with Crippen molar-refractivity contribution in [3.8, 4) is 11.3 Å². The summed E-state index contributed by atoms with van der Waals surface area (Å²) in [7, 11) is 0. The van der Waals surface area contributed by atoms with E-state index < -0.39 is 0 Å². The molecule has 4 atom stereocenters. The van der Waals surface area contributed by atoms with Crippen LogP contribution in [0, 0.1) is 11.8 Å². The van der Waals surface area contributed by atoms with Crippen molar-refractivity contribution in [1.29, 1.82) is 0 Å². The van der Waals surface area contributed by atoms with Crippen LogP contribution >= 0.6 is 0 Å². The Morgan fingerprint density at radius 2 is 1.94 bits per heavy atom. The number of quaternary nitrogens is 1. The van der Waals surface area contributed by atoms with Crippen molar-refractivity contribution < 1.29 is 14.4 Å². The zero-order valence-corrected chi connectivity index (χ0v) is 19.6. The molecule has 4 saturated heterocycles. The minimum Gasteiger partial charge on any atom is -0.378 e. The van der Waals surface area contributed by atoms with Gasteiger partial charge in [0, 0.05) is 31.5 Å². The third-order valence-electron chi connectivity index (χ3n) is 7.68. The Hall–Kier alpha value is -2.25. The molecule has 0 aliphatic carbocycles. The second kappa shape index (κ2) is 8.60. The van der Waals surface area contributed by atoms with E-state index in [0.29, 0.717) is 31.1 Å². The van der Waals surface area contributed by atoms with E-state index in [1.165, 1.54) is 5.56 Å². The van der Waals surface area contributed by atoms with Crippen LogP contribution in [0.5, 0.6) is 0 Å². The maximum Gasteiger partial charge on any atom is 0.231 e. The van der Waals surface area contributed by atoms with Crippen LogP contribution in [0.4, 0.5) is 0 Å². The number of rotatable bonds is 4. The zero-order valence-electron chi connectivity index (χ0n) is 19.6. The molecule has 1 aromatic carbocycles. The maximum atomic E-state index is 13.1. The number of ether oxygens (including phenoxy) is 1. The lowest BCUT2D eigenvalue weighted by Gasteiger charge is -2.47. The van der Waals surface area contributed by atoms with Gasteiger partial charge in [-0.15, -0.1) is 5.10 Å². The van der Waals surface area contributed by atoms with Gasteiger partial charge in [0.05, 0.1) is 45.0 Å². The van der Waals surface area contributed by atoms with Crippen LogP contribution in [0.3, 0.4) is 0 Å². The van der Waals surface area contributed by atoms with E-state index in [1.807, 2.05) is 9.58 Å². The molecule has 4 aliphatic heterocycles. The molecule has 2 bridgehead atoms. The van der Waals surface area contributed by atoms with E-state index in [2.05, 4.69) is 61.5 Å². The number of carbonyl (C=O) groups excluding carboxylic acids is 1. The molecule has 0 saturated carbocycles. The van der Waals surface area contributed by atoms with Gasteiger partial charge in [-0.2, -0.15) is 0 Å². The van der Waals surface area contributed by atoms with Gasteiger partial charge in [-0.1, -0.05) is 50.3 Å². The first kappa shape index (κ1) is 21.6. The number of nitrogens with zero attached hydrogens (tertiary/aromatic N) is 4. The molecular weight excluding hydrogens is 402 g/mol. The highest BCUT2D eigenvalue weighted by Gasteiger charge is 2.47. The lowest BCUT2D eigenvalue weighted by atomic mass is 9.75. The molecule has 2 aromatic rings. The summed E-state index contributed by atoms with van der Waals surface area (Å²) in [4.78, 5) is 16.7. The summed E-state index contributed by atoms with van der Waals surface area (Å²) in [6.07, 6.45) is 4.34. The van der Waals surface area contributed by atoms with E-state index in [9.17, 15) is 4.79 Å². The first-order valence-corrected chi connectivity index (χ1v) is 12.1. The van der Waals surface area contributed by atoms with Crippen LogP contribution in [-0.4, -0.2) is 71.2 Å². The predicted octanol–water partition coefficient (Wildman–Crippen LogP) is 1.39. The first-order valence-electron chi connectivity index (χ1n) is 12.1. The van der Waals surface area contributed by atoms with E-state index in [-0.39, 0.29) is 11.3 Å². The van der Waals surface area contributed by atoms with E-state index >= 15 is 0 Å². The maximum absolute atomic E-state index is 13.1. The number of nitrogens with one attached hydrogen (secondary N) is 1. The Morgan fingerprint density at radius 3 is 2.59 bits per heavy atom. The highest BCUT2D eigenvalue weighted by Crippen LogP contribution is 2.30. The molecule has 0 radical (unpaired) electrons. The van der Waals surface area contributed by atoms with Gasteiger partial charge in [-0.25, -0.2) is 4.68 Å². The zero-order chi connectivity index (χ0) is 22.3. The Morgan fingerprint density at radius 1 is 1.19 bits per heavy atom. The van der Waals surface area contributed by atoms with Crippen LogP contribution in [-0.2, 0) is 21.5 Å². The van der Waals surface area contributed by atoms with Crippen molar-refractivity contribution in [2.24, 2.45) is 11.8 Å². The number of benzene rings is 1. The molecule has 4 aliphatic rings. The second-order valence-electron chi connectivity index (χ2n) is 10.8. The summed E-state index contributed by atoms with van der Waals surface area (Å²) >= 11 is 0. The fourth-order valence-electron chi connectivity index (χ4n) is 5.71. The first-order chi connectivity index (χ1) is 15.4. The minimum absolute atomic E-state index is 0.147. The molecule has 7 heteroatoms. The molecule has 5 heterocycles. The molecule has 6 rings (SSSR count). The van der Waals surface area contributed by atoms with E-state index in [1.54, 1.807) is 4.90 Å². The number of aromatic nitrogens is 3. The standard InChI is InChI=1S/C25H35N5O2/c1-25(2,3)20-6-4-18(5-7-20)23-17-30(27-26-23)15-21-14-19-8-9-29(21)16-22(19)24(31)28-10-12-32-13-11-28/h4-7,17,19,21-22H,8-16H2,1-3H3/p+1/t19-,21-,22+/m1/s1. The molecule has 1 aromatic heterocycles. The lowest BCUT2D eigenvalue weighted by molar-refractivity contribution is -0.945. The highest BCUT2D eigenvalue weighted by molar-refractivity contribution is 5.79. The van der Waals surface area contributed by atoms with Gasteiger partial charge in [0.25, 0.3) is 0 Å². The Labute approximate surface area is 190 Å². The number of morpholine rings is 1. The third-order valence-corrected chi connectivity index (χ3v) is 7.68. The molecule has 0 spiro atoms. The molecule has 32 heavy (non-hydrogen) atoms. The van der Waals surface area contributed by atoms with Crippen molar-refractivity contribution >= 4 is 5.91 Å². The Balaban J connectivity index is 1.22.